The predicted octanol–water partition coefficient (Wildman–Crippen LogP) is 2.33. The minimum Gasteiger partial charge on any atom is -0.396 e. The molecule has 0 spiro atoms. The zero-order valence-corrected chi connectivity index (χ0v) is 18.9. The molecule has 5 rings (SSSR count). The molecular formula is C26H31N3O4. The number of hydrogen-bond donors (Lipinski definition) is 2. The van der Waals surface area contributed by atoms with Crippen molar-refractivity contribution in [1.29, 1.82) is 0 Å². The van der Waals surface area contributed by atoms with Gasteiger partial charge in [0.15, 0.2) is 0 Å². The standard InChI is InChI=1S/C26H31N3O4/c1-2-27-24(31)23-20(15-30)19-14-28-21(22(19)29(23)25(32)17-10-6-7-11-17)13-12-18(26(28)33)16-8-4-3-5-9-16/h3-5,8-9,12-13,17,19-20,22-23,30H,2,6-7,10-11,14-15H2,1H3,(H,27,31)/t19-,20-,22+,23-/m1/s1. The van der Waals surface area contributed by atoms with Gasteiger partial charge in [0.05, 0.1) is 6.04 Å². The molecule has 1 aromatic carbocycles. The van der Waals surface area contributed by atoms with Crippen LogP contribution in [0.2, 0.25) is 0 Å². The van der Waals surface area contributed by atoms with E-state index in [0.29, 0.717) is 18.7 Å². The van der Waals surface area contributed by atoms with Gasteiger partial charge in [-0.3, -0.25) is 14.4 Å². The van der Waals surface area contributed by atoms with E-state index in [2.05, 4.69) is 5.32 Å². The molecule has 3 aliphatic rings. The van der Waals surface area contributed by atoms with Crippen LogP contribution in [0.25, 0.3) is 11.1 Å². The minimum atomic E-state index is -0.712. The Morgan fingerprint density at radius 3 is 2.48 bits per heavy atom. The normalized spacial score (nSPS) is 26.3. The molecule has 0 radical (unpaired) electrons. The Morgan fingerprint density at radius 2 is 1.82 bits per heavy atom. The lowest BCUT2D eigenvalue weighted by molar-refractivity contribution is -0.144. The molecule has 2 fully saturated rings. The van der Waals surface area contributed by atoms with Gasteiger partial charge in [0, 0.05) is 48.7 Å². The number of aliphatic hydroxyl groups excluding tert-OH is 1. The molecule has 2 N–H and O–H groups in total. The van der Waals surface area contributed by atoms with E-state index < -0.39 is 12.0 Å². The Hall–Kier alpha value is -2.93. The summed E-state index contributed by atoms with van der Waals surface area (Å²) in [6.45, 7) is 2.51. The van der Waals surface area contributed by atoms with Crippen molar-refractivity contribution in [2.24, 2.45) is 17.8 Å². The van der Waals surface area contributed by atoms with Crippen LogP contribution in [0.4, 0.5) is 0 Å². The van der Waals surface area contributed by atoms with Crippen LogP contribution >= 0.6 is 0 Å². The zero-order valence-electron chi connectivity index (χ0n) is 18.9. The molecule has 2 aromatic rings. The maximum atomic E-state index is 13.7. The fourth-order valence-electron chi connectivity index (χ4n) is 6.23. The Morgan fingerprint density at radius 1 is 1.09 bits per heavy atom. The number of benzene rings is 1. The van der Waals surface area contributed by atoms with Gasteiger partial charge in [-0.25, -0.2) is 0 Å². The third kappa shape index (κ3) is 3.50. The molecule has 1 aromatic heterocycles. The Kier molecular flexibility index (Phi) is 5.83. The van der Waals surface area contributed by atoms with E-state index in [1.165, 1.54) is 0 Å². The molecule has 0 bridgehead atoms. The highest BCUT2D eigenvalue weighted by atomic mass is 16.3. The molecule has 4 atom stereocenters. The highest BCUT2D eigenvalue weighted by Crippen LogP contribution is 2.50. The van der Waals surface area contributed by atoms with Crippen LogP contribution in [0.15, 0.2) is 47.3 Å². The van der Waals surface area contributed by atoms with Crippen molar-refractivity contribution in [3.8, 4) is 11.1 Å². The van der Waals surface area contributed by atoms with Gasteiger partial charge in [0.1, 0.15) is 6.04 Å². The van der Waals surface area contributed by atoms with Crippen molar-refractivity contribution in [2.45, 2.75) is 51.2 Å². The van der Waals surface area contributed by atoms with Gasteiger partial charge in [0.25, 0.3) is 5.56 Å². The van der Waals surface area contributed by atoms with Crippen LogP contribution in [0.1, 0.15) is 44.3 Å². The molecule has 3 heterocycles. The number of carbonyl (C=O) groups is 2. The summed E-state index contributed by atoms with van der Waals surface area (Å²) in [4.78, 5) is 42.0. The molecule has 174 valence electrons. The molecule has 33 heavy (non-hydrogen) atoms. The van der Waals surface area contributed by atoms with Crippen molar-refractivity contribution in [3.05, 3.63) is 58.5 Å². The largest absolute Gasteiger partial charge is 0.396 e. The van der Waals surface area contributed by atoms with Gasteiger partial charge in [0.2, 0.25) is 11.8 Å². The summed E-state index contributed by atoms with van der Waals surface area (Å²) in [5.74, 6) is -0.905. The molecule has 2 amide bonds. The molecule has 7 nitrogen and oxygen atoms in total. The predicted molar refractivity (Wildman–Crippen MR) is 124 cm³/mol. The third-order valence-corrected chi connectivity index (χ3v) is 7.74. The second kappa shape index (κ2) is 8.78. The number of aromatic nitrogens is 1. The number of hydrogen-bond acceptors (Lipinski definition) is 4. The van der Waals surface area contributed by atoms with Crippen LogP contribution in [0, 0.1) is 17.8 Å². The summed E-state index contributed by atoms with van der Waals surface area (Å²) in [6.07, 6.45) is 3.70. The number of nitrogens with zero attached hydrogens (tertiary/aromatic N) is 2. The fraction of sp³-hybridized carbons (Fsp3) is 0.500. The quantitative estimate of drug-likeness (QED) is 0.733. The number of likely N-dealkylation sites (tertiary alicyclic amines) is 1. The van der Waals surface area contributed by atoms with Gasteiger partial charge in [-0.15, -0.1) is 0 Å². The monoisotopic (exact) mass is 449 g/mol. The van der Waals surface area contributed by atoms with Crippen LogP contribution in [0.3, 0.4) is 0 Å². The lowest BCUT2D eigenvalue weighted by Gasteiger charge is -2.33. The number of aliphatic hydroxyl groups is 1. The van der Waals surface area contributed by atoms with E-state index in [9.17, 15) is 19.5 Å². The number of carbonyl (C=O) groups excluding carboxylic acids is 2. The SMILES string of the molecule is CCNC(=O)[C@H]1[C@H](CO)[C@H]2Cn3c(ccc(-c4ccccc4)c3=O)[C@H]2N1C(=O)C1CCCC1. The molecule has 1 saturated carbocycles. The molecule has 7 heteroatoms. The van der Waals surface area contributed by atoms with Gasteiger partial charge < -0.3 is 19.9 Å². The number of nitrogens with one attached hydrogen (secondary N) is 1. The number of pyridine rings is 1. The summed E-state index contributed by atoms with van der Waals surface area (Å²) in [6, 6.07) is 12.2. The Bertz CT molecular complexity index is 1110. The summed E-state index contributed by atoms with van der Waals surface area (Å²) in [5.41, 5.74) is 2.15. The maximum Gasteiger partial charge on any atom is 0.258 e. The number of likely N-dealkylation sites (N-methyl/N-ethyl adjacent to an activating group) is 1. The molecule has 0 unspecified atom stereocenters. The second-order valence-corrected chi connectivity index (χ2v) is 9.48. The fourth-order valence-corrected chi connectivity index (χ4v) is 6.23. The first-order chi connectivity index (χ1) is 16.1. The van der Waals surface area contributed by atoms with E-state index in [0.717, 1.165) is 36.9 Å². The number of amides is 2. The lowest BCUT2D eigenvalue weighted by Crippen LogP contribution is -2.51. The van der Waals surface area contributed by atoms with E-state index in [-0.39, 0.29) is 41.9 Å². The van der Waals surface area contributed by atoms with Crippen LogP contribution < -0.4 is 10.9 Å². The first-order valence-electron chi connectivity index (χ1n) is 12.1. The van der Waals surface area contributed by atoms with Crippen LogP contribution in [-0.4, -0.2) is 45.6 Å². The second-order valence-electron chi connectivity index (χ2n) is 9.48. The summed E-state index contributed by atoms with van der Waals surface area (Å²) >= 11 is 0. The van der Waals surface area contributed by atoms with Crippen LogP contribution in [0.5, 0.6) is 0 Å². The third-order valence-electron chi connectivity index (χ3n) is 7.74. The molecule has 1 aliphatic carbocycles. The first kappa shape index (κ1) is 21.9. The summed E-state index contributed by atoms with van der Waals surface area (Å²) < 4.78 is 1.75. The smallest absolute Gasteiger partial charge is 0.258 e. The molecular weight excluding hydrogens is 418 g/mol. The van der Waals surface area contributed by atoms with Crippen molar-refractivity contribution in [2.75, 3.05) is 13.2 Å². The van der Waals surface area contributed by atoms with Gasteiger partial charge in [-0.1, -0.05) is 43.2 Å². The van der Waals surface area contributed by atoms with E-state index >= 15 is 0 Å². The van der Waals surface area contributed by atoms with Crippen molar-refractivity contribution in [1.82, 2.24) is 14.8 Å². The highest BCUT2D eigenvalue weighted by molar-refractivity contribution is 5.90. The topological polar surface area (TPSA) is 91.6 Å². The van der Waals surface area contributed by atoms with Crippen molar-refractivity contribution < 1.29 is 14.7 Å². The van der Waals surface area contributed by atoms with Gasteiger partial charge in [-0.2, -0.15) is 0 Å². The van der Waals surface area contributed by atoms with E-state index in [4.69, 9.17) is 0 Å². The first-order valence-corrected chi connectivity index (χ1v) is 12.1. The molecule has 2 aliphatic heterocycles. The van der Waals surface area contributed by atoms with Crippen molar-refractivity contribution in [3.63, 3.8) is 0 Å². The van der Waals surface area contributed by atoms with Gasteiger partial charge in [-0.05, 0) is 37.5 Å². The van der Waals surface area contributed by atoms with Crippen LogP contribution in [-0.2, 0) is 16.1 Å². The average Bonchev–Trinajstić information content (AvgIpc) is 3.55. The maximum absolute atomic E-state index is 13.7. The number of rotatable bonds is 5. The minimum absolute atomic E-state index is 0.0114. The van der Waals surface area contributed by atoms with E-state index in [1.54, 1.807) is 9.47 Å². The number of fused-ring (bicyclic) bond motifs is 3. The van der Waals surface area contributed by atoms with E-state index in [1.807, 2.05) is 49.4 Å². The molecule has 1 saturated heterocycles. The lowest BCUT2D eigenvalue weighted by atomic mass is 9.88. The summed E-state index contributed by atoms with van der Waals surface area (Å²) in [5, 5.41) is 13.2. The van der Waals surface area contributed by atoms with Crippen molar-refractivity contribution >= 4 is 11.8 Å². The Balaban J connectivity index is 1.60. The zero-order chi connectivity index (χ0) is 23.1. The van der Waals surface area contributed by atoms with Gasteiger partial charge >= 0.3 is 0 Å². The average molecular weight is 450 g/mol. The Labute approximate surface area is 193 Å². The highest BCUT2D eigenvalue weighted by Gasteiger charge is 2.58. The summed E-state index contributed by atoms with van der Waals surface area (Å²) in [7, 11) is 0.